The highest BCUT2D eigenvalue weighted by atomic mass is 19.4. The van der Waals surface area contributed by atoms with E-state index in [1.54, 1.807) is 6.07 Å². The van der Waals surface area contributed by atoms with Gasteiger partial charge in [0.25, 0.3) is 0 Å². The Labute approximate surface area is 108 Å². The van der Waals surface area contributed by atoms with Gasteiger partial charge in [-0.1, -0.05) is 12.1 Å². The van der Waals surface area contributed by atoms with Crippen molar-refractivity contribution in [1.82, 2.24) is 0 Å². The van der Waals surface area contributed by atoms with E-state index < -0.39 is 23.1 Å². The molecule has 3 nitrogen and oxygen atoms in total. The van der Waals surface area contributed by atoms with Gasteiger partial charge in [-0.25, -0.2) is 0 Å². The predicted octanol–water partition coefficient (Wildman–Crippen LogP) is 2.22. The van der Waals surface area contributed by atoms with Gasteiger partial charge in [-0.3, -0.25) is 4.79 Å². The minimum Gasteiger partial charge on any atom is -0.481 e. The molecule has 0 saturated heterocycles. The molecule has 0 aliphatic heterocycles. The number of carbonyl (C=O) groups is 1. The zero-order valence-electron chi connectivity index (χ0n) is 10.1. The lowest BCUT2D eigenvalue weighted by molar-refractivity contribution is -0.139. The van der Waals surface area contributed by atoms with Crippen LogP contribution in [0.1, 0.15) is 23.1 Å². The van der Waals surface area contributed by atoms with Crippen molar-refractivity contribution in [2.75, 3.05) is 6.54 Å². The second-order valence-electron chi connectivity index (χ2n) is 5.07. The molecule has 104 valence electrons. The van der Waals surface area contributed by atoms with E-state index in [1.165, 1.54) is 6.07 Å². The quantitative estimate of drug-likeness (QED) is 0.887. The van der Waals surface area contributed by atoms with Crippen molar-refractivity contribution < 1.29 is 23.1 Å². The Morgan fingerprint density at radius 1 is 1.37 bits per heavy atom. The average Bonchev–Trinajstić information content (AvgIpc) is 2.64. The first kappa shape index (κ1) is 13.9. The van der Waals surface area contributed by atoms with Gasteiger partial charge in [-0.2, -0.15) is 13.2 Å². The normalized spacial score (nSPS) is 22.3. The number of carboxylic acids is 1. The highest BCUT2D eigenvalue weighted by Gasteiger charge is 2.43. The third-order valence-electron chi connectivity index (χ3n) is 3.65. The van der Waals surface area contributed by atoms with Crippen molar-refractivity contribution in [2.24, 2.45) is 11.1 Å². The number of benzene rings is 1. The van der Waals surface area contributed by atoms with Crippen LogP contribution in [0, 0.1) is 5.41 Å². The lowest BCUT2D eigenvalue weighted by Crippen LogP contribution is -2.33. The fourth-order valence-corrected chi connectivity index (χ4v) is 2.78. The van der Waals surface area contributed by atoms with E-state index in [2.05, 4.69) is 0 Å². The van der Waals surface area contributed by atoms with Gasteiger partial charge in [-0.15, -0.1) is 0 Å². The molecule has 0 amide bonds. The summed E-state index contributed by atoms with van der Waals surface area (Å²) in [4.78, 5) is 10.9. The molecule has 1 atom stereocenters. The zero-order chi connectivity index (χ0) is 14.3. The molecule has 1 aliphatic rings. The number of rotatable bonds is 3. The van der Waals surface area contributed by atoms with Crippen molar-refractivity contribution in [1.29, 1.82) is 0 Å². The Kier molecular flexibility index (Phi) is 3.30. The number of carboxylic acid groups (broad SMARTS) is 1. The first-order chi connectivity index (χ1) is 8.77. The number of hydrogen-bond donors (Lipinski definition) is 2. The van der Waals surface area contributed by atoms with Crippen LogP contribution in [-0.4, -0.2) is 17.6 Å². The van der Waals surface area contributed by atoms with Crippen LogP contribution < -0.4 is 5.73 Å². The number of alkyl halides is 3. The minimum atomic E-state index is -4.42. The molecule has 19 heavy (non-hydrogen) atoms. The van der Waals surface area contributed by atoms with Crippen LogP contribution >= 0.6 is 0 Å². The molecule has 0 saturated carbocycles. The second kappa shape index (κ2) is 4.52. The van der Waals surface area contributed by atoms with Crippen LogP contribution in [0.15, 0.2) is 18.2 Å². The van der Waals surface area contributed by atoms with Crippen molar-refractivity contribution in [3.63, 3.8) is 0 Å². The minimum absolute atomic E-state index is 0.0608. The molecule has 1 aromatic rings. The average molecular weight is 273 g/mol. The third-order valence-corrected chi connectivity index (χ3v) is 3.65. The van der Waals surface area contributed by atoms with Crippen LogP contribution in [0.4, 0.5) is 13.2 Å². The topological polar surface area (TPSA) is 63.3 Å². The first-order valence-electron chi connectivity index (χ1n) is 5.87. The number of nitrogens with two attached hydrogens (primary N) is 1. The van der Waals surface area contributed by atoms with Gasteiger partial charge in [0.05, 0.1) is 12.0 Å². The van der Waals surface area contributed by atoms with Gasteiger partial charge in [-0.05, 0) is 36.6 Å². The summed E-state index contributed by atoms with van der Waals surface area (Å²) in [6, 6.07) is 4.01. The maximum Gasteiger partial charge on any atom is 0.416 e. The summed E-state index contributed by atoms with van der Waals surface area (Å²) in [5.74, 6) is -1.04. The summed E-state index contributed by atoms with van der Waals surface area (Å²) in [5.41, 5.74) is 4.89. The fourth-order valence-electron chi connectivity index (χ4n) is 2.78. The van der Waals surface area contributed by atoms with Gasteiger partial charge < -0.3 is 10.8 Å². The summed E-state index contributed by atoms with van der Waals surface area (Å²) < 4.78 is 38.7. The molecule has 1 aromatic carbocycles. The van der Waals surface area contributed by atoms with E-state index >= 15 is 0 Å². The maximum absolute atomic E-state index is 12.9. The smallest absolute Gasteiger partial charge is 0.416 e. The Morgan fingerprint density at radius 2 is 2.05 bits per heavy atom. The maximum atomic E-state index is 12.9. The molecular weight excluding hydrogens is 259 g/mol. The van der Waals surface area contributed by atoms with Crippen LogP contribution in [-0.2, 0) is 23.8 Å². The van der Waals surface area contributed by atoms with E-state index in [-0.39, 0.29) is 31.4 Å². The monoisotopic (exact) mass is 273 g/mol. The van der Waals surface area contributed by atoms with E-state index in [1.807, 2.05) is 0 Å². The Hall–Kier alpha value is -1.56. The molecule has 1 aliphatic carbocycles. The Morgan fingerprint density at radius 3 is 2.58 bits per heavy atom. The van der Waals surface area contributed by atoms with Crippen molar-refractivity contribution in [3.8, 4) is 0 Å². The van der Waals surface area contributed by atoms with E-state index in [0.717, 1.165) is 6.07 Å². The number of hydrogen-bond acceptors (Lipinski definition) is 2. The van der Waals surface area contributed by atoms with Gasteiger partial charge in [0.2, 0.25) is 0 Å². The molecule has 0 heterocycles. The van der Waals surface area contributed by atoms with Crippen molar-refractivity contribution in [3.05, 3.63) is 34.9 Å². The summed E-state index contributed by atoms with van der Waals surface area (Å²) in [5, 5.41) is 8.90. The number of aliphatic carboxylic acids is 1. The molecule has 0 spiro atoms. The Balaban J connectivity index is 2.41. The number of fused-ring (bicyclic) bond motifs is 1. The molecule has 0 fully saturated rings. The van der Waals surface area contributed by atoms with Gasteiger partial charge >= 0.3 is 12.1 Å². The first-order valence-corrected chi connectivity index (χ1v) is 5.87. The molecule has 0 bridgehead atoms. The highest BCUT2D eigenvalue weighted by Crippen LogP contribution is 2.44. The molecule has 3 N–H and O–H groups in total. The molecular formula is C13H14F3NO2. The largest absolute Gasteiger partial charge is 0.481 e. The van der Waals surface area contributed by atoms with Crippen molar-refractivity contribution in [2.45, 2.75) is 25.4 Å². The van der Waals surface area contributed by atoms with Crippen LogP contribution in [0.2, 0.25) is 0 Å². The summed E-state index contributed by atoms with van der Waals surface area (Å²) in [7, 11) is 0. The predicted molar refractivity (Wildman–Crippen MR) is 62.6 cm³/mol. The summed E-state index contributed by atoms with van der Waals surface area (Å²) in [6.07, 6.45) is -4.27. The number of halogens is 3. The molecule has 0 aromatic heterocycles. The van der Waals surface area contributed by atoms with Gasteiger partial charge in [0.15, 0.2) is 0 Å². The summed E-state index contributed by atoms with van der Waals surface area (Å²) in [6.45, 7) is 0.0608. The van der Waals surface area contributed by atoms with Gasteiger partial charge in [0, 0.05) is 5.41 Å². The third kappa shape index (κ3) is 2.58. The summed E-state index contributed by atoms with van der Waals surface area (Å²) >= 11 is 0. The second-order valence-corrected chi connectivity index (χ2v) is 5.07. The van der Waals surface area contributed by atoms with Crippen molar-refractivity contribution >= 4 is 5.97 Å². The van der Waals surface area contributed by atoms with Crippen LogP contribution in [0.5, 0.6) is 0 Å². The lowest BCUT2D eigenvalue weighted by Gasteiger charge is -2.25. The molecule has 0 radical (unpaired) electrons. The molecule has 2 rings (SSSR count). The highest BCUT2D eigenvalue weighted by molar-refractivity contribution is 5.68. The van der Waals surface area contributed by atoms with E-state index in [4.69, 9.17) is 10.8 Å². The SMILES string of the molecule is NCC1(CC(=O)O)Cc2cccc(C(F)(F)F)c2C1. The zero-order valence-corrected chi connectivity index (χ0v) is 10.1. The Bertz CT molecular complexity index is 513. The lowest BCUT2D eigenvalue weighted by atomic mass is 9.81. The van der Waals surface area contributed by atoms with Gasteiger partial charge in [0.1, 0.15) is 0 Å². The molecule has 6 heteroatoms. The van der Waals surface area contributed by atoms with Crippen LogP contribution in [0.25, 0.3) is 0 Å². The van der Waals surface area contributed by atoms with E-state index in [0.29, 0.717) is 5.56 Å². The van der Waals surface area contributed by atoms with Crippen LogP contribution in [0.3, 0.4) is 0 Å². The van der Waals surface area contributed by atoms with E-state index in [9.17, 15) is 18.0 Å². The fraction of sp³-hybridized carbons (Fsp3) is 0.462. The molecule has 1 unspecified atom stereocenters. The standard InChI is InChI=1S/C13H14F3NO2/c14-13(15,16)10-3-1-2-8-4-12(7-17,5-9(8)10)6-11(18)19/h1-3H,4-7,17H2,(H,18,19).